The number of methoxy groups -OCH3 is 2. The third kappa shape index (κ3) is 4.85. The van der Waals surface area contributed by atoms with Gasteiger partial charge in [0.1, 0.15) is 16.2 Å². The van der Waals surface area contributed by atoms with Gasteiger partial charge in [0, 0.05) is 23.3 Å². The van der Waals surface area contributed by atoms with Crippen molar-refractivity contribution in [3.8, 4) is 22.6 Å². The molecule has 0 aliphatic rings. The van der Waals surface area contributed by atoms with Crippen LogP contribution in [-0.4, -0.2) is 42.1 Å². The van der Waals surface area contributed by atoms with Crippen LogP contribution in [0, 0.1) is 0 Å². The molecule has 0 atom stereocenters. The van der Waals surface area contributed by atoms with E-state index < -0.39 is 5.97 Å². The summed E-state index contributed by atoms with van der Waals surface area (Å²) in [5, 5.41) is 5.62. The van der Waals surface area contributed by atoms with Crippen molar-refractivity contribution in [3.05, 3.63) is 64.4 Å². The van der Waals surface area contributed by atoms with Crippen LogP contribution in [0.3, 0.4) is 0 Å². The van der Waals surface area contributed by atoms with E-state index >= 15 is 0 Å². The molecule has 1 amide bonds. The lowest BCUT2D eigenvalue weighted by atomic mass is 10.0. The maximum Gasteiger partial charge on any atom is 0.341 e. The van der Waals surface area contributed by atoms with Gasteiger partial charge in [-0.2, -0.15) is 0 Å². The Bertz CT molecular complexity index is 1360. The third-order valence-electron chi connectivity index (χ3n) is 5.02. The highest BCUT2D eigenvalue weighted by atomic mass is 35.5. The number of nitrogens with one attached hydrogen (secondary N) is 1. The Labute approximate surface area is 205 Å². The van der Waals surface area contributed by atoms with E-state index in [2.05, 4.69) is 10.3 Å². The Balaban J connectivity index is 1.62. The van der Waals surface area contributed by atoms with E-state index in [1.54, 1.807) is 67.6 Å². The van der Waals surface area contributed by atoms with Crippen molar-refractivity contribution in [2.75, 3.05) is 26.1 Å². The second-order valence-electron chi connectivity index (χ2n) is 7.21. The van der Waals surface area contributed by atoms with Crippen molar-refractivity contribution in [1.29, 1.82) is 0 Å². The first-order chi connectivity index (χ1) is 16.4. The second-order valence-corrected chi connectivity index (χ2v) is 8.53. The Morgan fingerprint density at radius 1 is 1.12 bits per heavy atom. The van der Waals surface area contributed by atoms with Gasteiger partial charge in [-0.15, -0.1) is 11.3 Å². The SMILES string of the molecule is CCOC(=O)c1c(-c2ccc(OC)c(OC)c2)csc1NC(=O)Cc1cn2cc(Cl)ccc2n1. The Hall–Kier alpha value is -3.56. The van der Waals surface area contributed by atoms with Gasteiger partial charge in [-0.1, -0.05) is 17.7 Å². The van der Waals surface area contributed by atoms with E-state index in [0.29, 0.717) is 38.4 Å². The fraction of sp³-hybridized carbons (Fsp3) is 0.208. The largest absolute Gasteiger partial charge is 0.493 e. The smallest absolute Gasteiger partial charge is 0.341 e. The number of carbonyl (C=O) groups excluding carboxylic acids is 2. The number of hydrogen-bond acceptors (Lipinski definition) is 7. The molecule has 0 spiro atoms. The summed E-state index contributed by atoms with van der Waals surface area (Å²) >= 11 is 7.26. The van der Waals surface area contributed by atoms with Crippen molar-refractivity contribution in [2.45, 2.75) is 13.3 Å². The van der Waals surface area contributed by atoms with Crippen LogP contribution < -0.4 is 14.8 Å². The molecule has 34 heavy (non-hydrogen) atoms. The Kier molecular flexibility index (Phi) is 7.04. The van der Waals surface area contributed by atoms with Crippen LogP contribution in [0.5, 0.6) is 11.5 Å². The third-order valence-corrected chi connectivity index (χ3v) is 6.14. The number of amides is 1. The zero-order valence-electron chi connectivity index (χ0n) is 18.8. The van der Waals surface area contributed by atoms with E-state index in [4.69, 9.17) is 25.8 Å². The topological polar surface area (TPSA) is 91.2 Å². The zero-order chi connectivity index (χ0) is 24.2. The molecule has 176 valence electrons. The van der Waals surface area contributed by atoms with Gasteiger partial charge in [0.2, 0.25) is 5.91 Å². The monoisotopic (exact) mass is 499 g/mol. The summed E-state index contributed by atoms with van der Waals surface area (Å²) in [6, 6.07) is 8.86. The van der Waals surface area contributed by atoms with Crippen LogP contribution >= 0.6 is 22.9 Å². The van der Waals surface area contributed by atoms with E-state index in [9.17, 15) is 9.59 Å². The Morgan fingerprint density at radius 3 is 2.65 bits per heavy atom. The van der Waals surface area contributed by atoms with Gasteiger partial charge in [-0.05, 0) is 36.8 Å². The Morgan fingerprint density at radius 2 is 1.91 bits per heavy atom. The number of imidazole rings is 1. The van der Waals surface area contributed by atoms with Gasteiger partial charge in [0.15, 0.2) is 11.5 Å². The molecule has 0 saturated heterocycles. The number of fused-ring (bicyclic) bond motifs is 1. The molecule has 0 radical (unpaired) electrons. The fourth-order valence-corrected chi connectivity index (χ4v) is 4.65. The number of hydrogen-bond donors (Lipinski definition) is 1. The van der Waals surface area contributed by atoms with Crippen LogP contribution in [0.4, 0.5) is 5.00 Å². The van der Waals surface area contributed by atoms with Gasteiger partial charge >= 0.3 is 5.97 Å². The molecule has 0 aliphatic heterocycles. The summed E-state index contributed by atoms with van der Waals surface area (Å²) in [5.74, 6) is 0.270. The molecule has 0 saturated carbocycles. The summed E-state index contributed by atoms with van der Waals surface area (Å²) in [4.78, 5) is 30.1. The summed E-state index contributed by atoms with van der Waals surface area (Å²) in [7, 11) is 3.10. The normalized spacial score (nSPS) is 10.8. The summed E-state index contributed by atoms with van der Waals surface area (Å²) in [5.41, 5.74) is 2.91. The molecular weight excluding hydrogens is 478 g/mol. The molecule has 0 unspecified atom stereocenters. The summed E-state index contributed by atoms with van der Waals surface area (Å²) in [6.45, 7) is 1.94. The van der Waals surface area contributed by atoms with E-state index in [1.165, 1.54) is 11.3 Å². The molecule has 1 N–H and O–H groups in total. The number of thiophene rings is 1. The predicted octanol–water partition coefficient (Wildman–Crippen LogP) is 5.09. The van der Waals surface area contributed by atoms with Crippen LogP contribution in [0.25, 0.3) is 16.8 Å². The van der Waals surface area contributed by atoms with E-state index in [-0.39, 0.29) is 24.5 Å². The van der Waals surface area contributed by atoms with Crippen LogP contribution in [0.15, 0.2) is 48.1 Å². The van der Waals surface area contributed by atoms with Gasteiger partial charge < -0.3 is 23.9 Å². The predicted molar refractivity (Wildman–Crippen MR) is 131 cm³/mol. The number of anilines is 1. The van der Waals surface area contributed by atoms with Gasteiger partial charge in [0.05, 0.1) is 38.0 Å². The number of halogens is 1. The zero-order valence-corrected chi connectivity index (χ0v) is 20.3. The molecule has 3 aromatic heterocycles. The molecule has 4 aromatic rings. The highest BCUT2D eigenvalue weighted by molar-refractivity contribution is 7.15. The lowest BCUT2D eigenvalue weighted by molar-refractivity contribution is -0.115. The quantitative estimate of drug-likeness (QED) is 0.339. The fourth-order valence-electron chi connectivity index (χ4n) is 3.51. The standard InChI is InChI=1S/C24H22ClN3O5S/c1-4-33-24(30)22-17(14-5-7-18(31-2)19(9-14)32-3)13-34-23(22)27-21(29)10-16-12-28-11-15(25)6-8-20(28)26-16/h5-9,11-13H,4,10H2,1-3H3,(H,27,29). The first-order valence-corrected chi connectivity index (χ1v) is 11.6. The number of nitrogens with zero attached hydrogens (tertiary/aromatic N) is 2. The molecule has 4 rings (SSSR count). The highest BCUT2D eigenvalue weighted by Crippen LogP contribution is 2.39. The van der Waals surface area contributed by atoms with E-state index in [1.807, 2.05) is 6.07 Å². The summed E-state index contributed by atoms with van der Waals surface area (Å²) in [6.07, 6.45) is 3.50. The van der Waals surface area contributed by atoms with Crippen LogP contribution in [0.2, 0.25) is 5.02 Å². The highest BCUT2D eigenvalue weighted by Gasteiger charge is 2.24. The lowest BCUT2D eigenvalue weighted by Gasteiger charge is -2.11. The maximum atomic E-state index is 12.8. The minimum atomic E-state index is -0.522. The second kappa shape index (κ2) is 10.1. The molecular formula is C24H22ClN3O5S. The molecule has 10 heteroatoms. The van der Waals surface area contributed by atoms with Crippen molar-refractivity contribution in [3.63, 3.8) is 0 Å². The number of ether oxygens (including phenoxy) is 3. The lowest BCUT2D eigenvalue weighted by Crippen LogP contribution is -2.16. The minimum Gasteiger partial charge on any atom is -0.493 e. The minimum absolute atomic E-state index is 0.0329. The number of esters is 1. The molecule has 0 fully saturated rings. The first kappa shape index (κ1) is 23.6. The molecule has 8 nitrogen and oxygen atoms in total. The number of pyridine rings is 1. The van der Waals surface area contributed by atoms with E-state index in [0.717, 1.165) is 5.56 Å². The van der Waals surface area contributed by atoms with Crippen molar-refractivity contribution >= 4 is 45.5 Å². The van der Waals surface area contributed by atoms with Crippen LogP contribution in [0.1, 0.15) is 23.0 Å². The number of carbonyl (C=O) groups is 2. The van der Waals surface area contributed by atoms with Crippen LogP contribution in [-0.2, 0) is 16.0 Å². The van der Waals surface area contributed by atoms with Crippen molar-refractivity contribution < 1.29 is 23.8 Å². The number of aromatic nitrogens is 2. The molecule has 0 bridgehead atoms. The van der Waals surface area contributed by atoms with Crippen molar-refractivity contribution in [2.24, 2.45) is 0 Å². The first-order valence-electron chi connectivity index (χ1n) is 10.4. The van der Waals surface area contributed by atoms with Crippen molar-refractivity contribution in [1.82, 2.24) is 9.38 Å². The van der Waals surface area contributed by atoms with Gasteiger partial charge in [0.25, 0.3) is 0 Å². The van der Waals surface area contributed by atoms with Gasteiger partial charge in [-0.3, -0.25) is 4.79 Å². The average Bonchev–Trinajstić information content (AvgIpc) is 3.41. The number of rotatable bonds is 8. The maximum absolute atomic E-state index is 12.8. The number of benzene rings is 1. The van der Waals surface area contributed by atoms with Gasteiger partial charge in [-0.25, -0.2) is 9.78 Å². The summed E-state index contributed by atoms with van der Waals surface area (Å²) < 4.78 is 17.7. The molecule has 0 aliphatic carbocycles. The molecule has 3 heterocycles. The average molecular weight is 500 g/mol. The molecule has 1 aromatic carbocycles.